The second-order valence-electron chi connectivity index (χ2n) is 21.7. The number of hydrogen-bond acceptors (Lipinski definition) is 4. The number of nitrogens with zero attached hydrogens (tertiary/aromatic N) is 4. The average Bonchev–Trinajstić information content (AvgIpc) is 0.801. The van der Waals surface area contributed by atoms with Crippen LogP contribution in [0.25, 0.3) is 153 Å². The third-order valence-corrected chi connectivity index (χ3v) is 16.5. The molecule has 0 aliphatic rings. The van der Waals surface area contributed by atoms with Crippen LogP contribution >= 0.6 is 0 Å². The van der Waals surface area contributed by atoms with Crippen LogP contribution in [0.4, 0.5) is 0 Å². The van der Waals surface area contributed by atoms with Crippen molar-refractivity contribution in [2.24, 2.45) is 0 Å². The Morgan fingerprint density at radius 2 is 0.533 bits per heavy atom. The molecule has 0 fully saturated rings. The van der Waals surface area contributed by atoms with Crippen molar-refractivity contribution in [3.05, 3.63) is 340 Å². The Morgan fingerprint density at radius 3 is 1.00 bits per heavy atom. The molecule has 0 unspecified atom stereocenters. The van der Waals surface area contributed by atoms with Crippen molar-refractivity contribution in [1.29, 1.82) is 0 Å². The molecule has 0 atom stereocenters. The van der Waals surface area contributed by atoms with Gasteiger partial charge in [0.2, 0.25) is 0 Å². The van der Waals surface area contributed by atoms with E-state index in [2.05, 4.69) is 250 Å². The summed E-state index contributed by atoms with van der Waals surface area (Å²) in [6, 6.07) is 114. The first kappa shape index (κ1) is 64.4. The Balaban J connectivity index is 0.000000124. The van der Waals surface area contributed by atoms with E-state index in [4.69, 9.17) is 0 Å². The normalized spacial score (nSPS) is 10.7. The number of fused-ring (bicyclic) bond motifs is 16. The summed E-state index contributed by atoms with van der Waals surface area (Å²) in [7, 11) is 0. The predicted molar refractivity (Wildman–Crippen MR) is 369 cm³/mol. The van der Waals surface area contributed by atoms with Gasteiger partial charge in [-0.15, -0.1) is 144 Å². The van der Waals surface area contributed by atoms with Crippen LogP contribution in [-0.4, -0.2) is 19.9 Å². The molecule has 8 heteroatoms. The van der Waals surface area contributed by atoms with Gasteiger partial charge in [0.15, 0.2) is 0 Å². The van der Waals surface area contributed by atoms with Gasteiger partial charge in [0.1, 0.15) is 0 Å². The number of hydrogen-bond donors (Lipinski definition) is 0. The quantitative estimate of drug-likeness (QED) is 0.100. The van der Waals surface area contributed by atoms with Gasteiger partial charge in [-0.3, -0.25) is 0 Å². The van der Waals surface area contributed by atoms with E-state index >= 15 is 0 Å². The molecular weight excluding hydrogens is 1740 g/mol. The first-order valence-electron chi connectivity index (χ1n) is 29.5. The van der Waals surface area contributed by atoms with E-state index < -0.39 is 0 Å². The third kappa shape index (κ3) is 13.0. The molecule has 0 saturated heterocycles. The zero-order valence-electron chi connectivity index (χ0n) is 49.2. The Kier molecular flexibility index (Phi) is 20.6. The van der Waals surface area contributed by atoms with E-state index in [1.54, 1.807) is 0 Å². The zero-order chi connectivity index (χ0) is 58.6. The van der Waals surface area contributed by atoms with Gasteiger partial charge in [-0.2, -0.15) is 0 Å². The van der Waals surface area contributed by atoms with Crippen LogP contribution in [0.2, 0.25) is 0 Å². The molecule has 0 aliphatic carbocycles. The Hall–Kier alpha value is -9.16. The largest absolute Gasteiger partial charge is 0.304 e. The van der Waals surface area contributed by atoms with Crippen LogP contribution in [0.1, 0.15) is 0 Å². The summed E-state index contributed by atoms with van der Waals surface area (Å²) in [6.45, 7) is 0. The second kappa shape index (κ2) is 29.4. The molecular formula is C84H52Ir2N4OsRh-4. The van der Waals surface area contributed by atoms with Crippen LogP contribution in [0.3, 0.4) is 0 Å². The molecule has 3 radical (unpaired) electrons. The summed E-state index contributed by atoms with van der Waals surface area (Å²) in [5, 5.41) is 24.9. The molecule has 447 valence electrons. The summed E-state index contributed by atoms with van der Waals surface area (Å²) < 4.78 is 0. The monoisotopic (exact) mass is 1800 g/mol. The van der Waals surface area contributed by atoms with Gasteiger partial charge in [0.25, 0.3) is 0 Å². The molecule has 18 aromatic rings. The molecule has 0 bridgehead atoms. The van der Waals surface area contributed by atoms with E-state index in [1.165, 1.54) is 108 Å². The fourth-order valence-electron chi connectivity index (χ4n) is 12.2. The van der Waals surface area contributed by atoms with Gasteiger partial charge < -0.3 is 19.9 Å². The second-order valence-corrected chi connectivity index (χ2v) is 21.7. The van der Waals surface area contributed by atoms with Gasteiger partial charge in [0, 0.05) is 110 Å². The molecule has 14 aromatic carbocycles. The summed E-state index contributed by atoms with van der Waals surface area (Å²) in [6.07, 6.45) is 7.71. The van der Waals surface area contributed by atoms with Gasteiger partial charge in [-0.05, 0) is 137 Å². The maximum absolute atomic E-state index is 4.68. The predicted octanol–water partition coefficient (Wildman–Crippen LogP) is 21.7. The molecule has 4 heterocycles. The molecule has 4 nitrogen and oxygen atoms in total. The van der Waals surface area contributed by atoms with Gasteiger partial charge >= 0.3 is 0 Å². The number of benzene rings is 14. The SMILES string of the molecule is [Ir].[Ir].[Os].[Rh].[c-]1ccccc1-c1cc2c(ccc3ccccc32)cn1.[c-]1ccccc1-c1cc2ccc3c4ccccc4ccc3c2cn1.[c-]1ccccc1-c1nccc2c1ccc1c3ccccc3ccc21.[c-]1ccccc1-c1nccc2c1ccc1ccccc12. The van der Waals surface area contributed by atoms with Crippen molar-refractivity contribution in [2.75, 3.05) is 0 Å². The fourth-order valence-corrected chi connectivity index (χ4v) is 12.2. The zero-order valence-corrected chi connectivity index (χ0v) is 58.1. The van der Waals surface area contributed by atoms with Crippen LogP contribution < -0.4 is 0 Å². The third-order valence-electron chi connectivity index (χ3n) is 16.5. The molecule has 0 saturated carbocycles. The topological polar surface area (TPSA) is 51.6 Å². The number of pyridine rings is 4. The van der Waals surface area contributed by atoms with Crippen LogP contribution in [0, 0.1) is 24.3 Å². The van der Waals surface area contributed by atoms with Crippen molar-refractivity contribution in [3.63, 3.8) is 0 Å². The molecule has 0 N–H and O–H groups in total. The van der Waals surface area contributed by atoms with Crippen molar-refractivity contribution < 1.29 is 79.5 Å². The minimum Gasteiger partial charge on any atom is -0.304 e. The van der Waals surface area contributed by atoms with Crippen molar-refractivity contribution in [1.82, 2.24) is 19.9 Å². The maximum Gasteiger partial charge on any atom is 0.0245 e. The first-order valence-corrected chi connectivity index (χ1v) is 29.5. The summed E-state index contributed by atoms with van der Waals surface area (Å²) in [4.78, 5) is 18.4. The van der Waals surface area contributed by atoms with E-state index in [-0.39, 0.29) is 79.5 Å². The summed E-state index contributed by atoms with van der Waals surface area (Å²) in [5.41, 5.74) is 8.03. The van der Waals surface area contributed by atoms with Gasteiger partial charge in [0.05, 0.1) is 0 Å². The van der Waals surface area contributed by atoms with E-state index in [0.29, 0.717) is 0 Å². The summed E-state index contributed by atoms with van der Waals surface area (Å²) >= 11 is 0. The molecule has 18 rings (SSSR count). The van der Waals surface area contributed by atoms with E-state index in [0.717, 1.165) is 45.0 Å². The van der Waals surface area contributed by atoms with Crippen molar-refractivity contribution in [2.45, 2.75) is 0 Å². The van der Waals surface area contributed by atoms with Crippen LogP contribution in [0.5, 0.6) is 0 Å². The minimum absolute atomic E-state index is 0. The van der Waals surface area contributed by atoms with Crippen molar-refractivity contribution >= 4 is 108 Å². The smallest absolute Gasteiger partial charge is 0.0245 e. The molecule has 0 aliphatic heterocycles. The average molecular weight is 1790 g/mol. The molecule has 4 aromatic heterocycles. The van der Waals surface area contributed by atoms with Crippen molar-refractivity contribution in [3.8, 4) is 45.0 Å². The molecule has 0 amide bonds. The Labute approximate surface area is 587 Å². The number of aromatic nitrogens is 4. The standard InChI is InChI=1S/2C23H14N.2C19H12N.2Ir.Os.Rh/c1-2-7-17(8-3-1)23-14-18-11-13-20-19-9-5-4-6-16(19)10-12-21(20)22(18)15-24-23;1-2-7-17(8-3-1)23-22-13-12-19-18-9-5-4-6-16(18)10-11-20(19)21(22)14-15-24-23;1-2-7-15(8-3-1)19-12-18-16(13-20-19)11-10-14-6-4-5-9-17(14)18;1-2-7-15(8-3-1)19-18-11-10-14-6-4-5-9-16(14)17(18)12-13-20-19;;;;/h2*1-7,9-15H;2*1-7,9-13H;;;;/q4*-1;;;;. The summed E-state index contributed by atoms with van der Waals surface area (Å²) in [5.74, 6) is 0. The van der Waals surface area contributed by atoms with Gasteiger partial charge in [-0.1, -0.05) is 182 Å². The van der Waals surface area contributed by atoms with E-state index in [1.807, 2.05) is 110 Å². The number of rotatable bonds is 4. The first-order chi connectivity index (χ1) is 43.7. The molecule has 0 spiro atoms. The van der Waals surface area contributed by atoms with Gasteiger partial charge in [-0.25, -0.2) is 0 Å². The molecule has 92 heavy (non-hydrogen) atoms. The minimum atomic E-state index is 0. The Bertz CT molecular complexity index is 5550. The van der Waals surface area contributed by atoms with Crippen LogP contribution in [-0.2, 0) is 79.5 Å². The maximum atomic E-state index is 4.68. The Morgan fingerprint density at radius 1 is 0.217 bits per heavy atom. The van der Waals surface area contributed by atoms with E-state index in [9.17, 15) is 0 Å². The fraction of sp³-hybridized carbons (Fsp3) is 0. The van der Waals surface area contributed by atoms with Crippen LogP contribution in [0.15, 0.2) is 316 Å².